The maximum absolute atomic E-state index is 13.4. The number of likely N-dealkylation sites (tertiary alicyclic amines) is 1. The highest BCUT2D eigenvalue weighted by molar-refractivity contribution is 6.01. The van der Waals surface area contributed by atoms with Crippen LogP contribution in [0.1, 0.15) is 61.9 Å². The number of ether oxygens (including phenoxy) is 1. The third-order valence-corrected chi connectivity index (χ3v) is 8.02. The van der Waals surface area contributed by atoms with Crippen molar-refractivity contribution in [1.29, 1.82) is 0 Å². The zero-order valence-corrected chi connectivity index (χ0v) is 26.9. The molecule has 2 aromatic carbocycles. The van der Waals surface area contributed by atoms with Gasteiger partial charge >= 0.3 is 0 Å². The number of fused-ring (bicyclic) bond motifs is 1. The highest BCUT2D eigenvalue weighted by atomic mass is 16.5. The molecule has 2 aromatic rings. The minimum atomic E-state index is -1.47. The Bertz CT molecular complexity index is 1450. The minimum Gasteiger partial charge on any atom is -0.493 e. The molecule has 0 saturated carbocycles. The highest BCUT2D eigenvalue weighted by Gasteiger charge is 2.35. The number of rotatable bonds is 7. The second-order valence-corrected chi connectivity index (χ2v) is 12.2. The molecule has 0 unspecified atom stereocenters. The molecule has 6 amide bonds. The van der Waals surface area contributed by atoms with Gasteiger partial charge in [-0.25, -0.2) is 0 Å². The Morgan fingerprint density at radius 3 is 2.47 bits per heavy atom. The van der Waals surface area contributed by atoms with Crippen LogP contribution in [-0.4, -0.2) is 90.8 Å². The van der Waals surface area contributed by atoms with Crippen molar-refractivity contribution in [1.82, 2.24) is 31.5 Å². The van der Waals surface area contributed by atoms with Crippen LogP contribution in [0.5, 0.6) is 5.75 Å². The van der Waals surface area contributed by atoms with E-state index in [-0.39, 0.29) is 43.3 Å². The fourth-order valence-electron chi connectivity index (χ4n) is 5.40. The average molecular weight is 649 g/mol. The van der Waals surface area contributed by atoms with Gasteiger partial charge in [-0.3, -0.25) is 28.8 Å². The zero-order chi connectivity index (χ0) is 33.8. The van der Waals surface area contributed by atoms with Crippen molar-refractivity contribution in [3.8, 4) is 5.75 Å². The molecule has 1 fully saturated rings. The van der Waals surface area contributed by atoms with Gasteiger partial charge in [-0.1, -0.05) is 42.5 Å². The van der Waals surface area contributed by atoms with Crippen molar-refractivity contribution in [3.05, 3.63) is 65.7 Å². The van der Waals surface area contributed by atoms with Gasteiger partial charge in [0.1, 0.15) is 23.4 Å². The van der Waals surface area contributed by atoms with Crippen molar-refractivity contribution in [2.75, 3.05) is 32.8 Å². The minimum absolute atomic E-state index is 0.0867. The topological polar surface area (TPSA) is 175 Å². The summed E-state index contributed by atoms with van der Waals surface area (Å²) in [5.74, 6) is -2.49. The summed E-state index contributed by atoms with van der Waals surface area (Å²) in [6.07, 6.45) is 2.03. The molecule has 2 aliphatic rings. The molecule has 0 bridgehead atoms. The number of hydrogen-bond donors (Lipinski definition) is 5. The zero-order valence-electron chi connectivity index (χ0n) is 26.9. The van der Waals surface area contributed by atoms with Crippen LogP contribution in [0, 0.1) is 0 Å². The number of carbonyl (C=O) groups excluding carboxylic acids is 6. The molecule has 2 aliphatic heterocycles. The van der Waals surface area contributed by atoms with Gasteiger partial charge in [0.25, 0.3) is 5.91 Å². The predicted molar refractivity (Wildman–Crippen MR) is 173 cm³/mol. The van der Waals surface area contributed by atoms with Crippen molar-refractivity contribution < 1.29 is 33.5 Å². The van der Waals surface area contributed by atoms with Crippen LogP contribution in [0.25, 0.3) is 0 Å². The first-order valence-electron chi connectivity index (χ1n) is 16.1. The number of carbonyl (C=O) groups is 6. The fraction of sp³-hybridized carbons (Fsp3) is 0.471. The van der Waals surface area contributed by atoms with E-state index in [1.165, 1.54) is 13.8 Å². The molecule has 2 atom stereocenters. The lowest BCUT2D eigenvalue weighted by molar-refractivity contribution is -0.135. The molecule has 4 rings (SSSR count). The van der Waals surface area contributed by atoms with E-state index in [1.54, 1.807) is 29.2 Å². The maximum Gasteiger partial charge on any atom is 0.255 e. The molecule has 252 valence electrons. The summed E-state index contributed by atoms with van der Waals surface area (Å²) in [5.41, 5.74) is -0.453. The summed E-state index contributed by atoms with van der Waals surface area (Å²) in [6, 6.07) is 13.6. The Morgan fingerprint density at radius 1 is 0.979 bits per heavy atom. The molecule has 0 aliphatic carbocycles. The Hall–Kier alpha value is -4.94. The summed E-state index contributed by atoms with van der Waals surface area (Å²) < 4.78 is 5.87. The fourth-order valence-corrected chi connectivity index (χ4v) is 5.40. The molecule has 0 spiro atoms. The van der Waals surface area contributed by atoms with E-state index in [1.807, 2.05) is 30.3 Å². The maximum atomic E-state index is 13.4. The third-order valence-electron chi connectivity index (χ3n) is 8.02. The van der Waals surface area contributed by atoms with E-state index in [0.717, 1.165) is 12.0 Å². The first-order chi connectivity index (χ1) is 22.5. The third kappa shape index (κ3) is 10.3. The number of para-hydroxylation sites is 1. The van der Waals surface area contributed by atoms with Crippen molar-refractivity contribution in [2.24, 2.45) is 0 Å². The van der Waals surface area contributed by atoms with Crippen LogP contribution < -0.4 is 31.3 Å². The van der Waals surface area contributed by atoms with Gasteiger partial charge in [0.2, 0.25) is 29.5 Å². The standard InChI is InChI=1S/C34H44N6O7/c1-34(2)33(46)38-25(21-23-11-4-3-5-12-23)31(44)36-17-10-20-47-27-14-7-6-13-24(27)30(43)37-26(22-28(41)39-34)32(45)35-16-9-19-40-18-8-15-29(40)42/h3-7,11-14,25-26H,8-10,15-22H2,1-2H3,(H,35,45)(H,36,44)(H,37,43)(H,38,46)(H,39,41)/t25-,26-/m0/s1. The lowest BCUT2D eigenvalue weighted by Gasteiger charge is -2.29. The second-order valence-electron chi connectivity index (χ2n) is 12.2. The number of nitrogens with zero attached hydrogens (tertiary/aromatic N) is 1. The summed E-state index contributed by atoms with van der Waals surface area (Å²) in [7, 11) is 0. The van der Waals surface area contributed by atoms with Gasteiger partial charge in [0.15, 0.2) is 0 Å². The van der Waals surface area contributed by atoms with Gasteiger partial charge in [0.05, 0.1) is 18.6 Å². The Kier molecular flexibility index (Phi) is 12.3. The SMILES string of the molecule is CC1(C)NC(=O)C[C@@H](C(=O)NCCCN2CCCC2=O)NC(=O)c2ccccc2OCCCNC(=O)[C@H](Cc2ccccc2)NC1=O. The van der Waals surface area contributed by atoms with Crippen LogP contribution in [0.15, 0.2) is 54.6 Å². The Labute approximate surface area is 274 Å². The molecule has 13 heteroatoms. The molecule has 47 heavy (non-hydrogen) atoms. The molecule has 0 radical (unpaired) electrons. The van der Waals surface area contributed by atoms with E-state index in [0.29, 0.717) is 32.4 Å². The molecular formula is C34H44N6O7. The number of amides is 6. The van der Waals surface area contributed by atoms with Crippen molar-refractivity contribution in [3.63, 3.8) is 0 Å². The summed E-state index contributed by atoms with van der Waals surface area (Å²) in [5, 5.41) is 13.7. The predicted octanol–water partition coefficient (Wildman–Crippen LogP) is 0.825. The molecule has 13 nitrogen and oxygen atoms in total. The van der Waals surface area contributed by atoms with Gasteiger partial charge in [-0.15, -0.1) is 0 Å². The first-order valence-corrected chi connectivity index (χ1v) is 16.1. The smallest absolute Gasteiger partial charge is 0.255 e. The van der Waals surface area contributed by atoms with E-state index in [4.69, 9.17) is 4.74 Å². The van der Waals surface area contributed by atoms with E-state index in [2.05, 4.69) is 26.6 Å². The van der Waals surface area contributed by atoms with Crippen molar-refractivity contribution >= 4 is 35.4 Å². The van der Waals surface area contributed by atoms with Crippen LogP contribution in [0.3, 0.4) is 0 Å². The molecule has 1 saturated heterocycles. The lowest BCUT2D eigenvalue weighted by Crippen LogP contribution is -2.60. The van der Waals surface area contributed by atoms with E-state index >= 15 is 0 Å². The van der Waals surface area contributed by atoms with Gasteiger partial charge in [0, 0.05) is 39.0 Å². The average Bonchev–Trinajstić information content (AvgIpc) is 3.46. The molecular weight excluding hydrogens is 604 g/mol. The number of nitrogens with one attached hydrogen (secondary N) is 5. The summed E-state index contributed by atoms with van der Waals surface area (Å²) >= 11 is 0. The molecule has 2 heterocycles. The van der Waals surface area contributed by atoms with Gasteiger partial charge in [-0.2, -0.15) is 0 Å². The largest absolute Gasteiger partial charge is 0.493 e. The van der Waals surface area contributed by atoms with Crippen LogP contribution >= 0.6 is 0 Å². The molecule has 5 N–H and O–H groups in total. The highest BCUT2D eigenvalue weighted by Crippen LogP contribution is 2.19. The lowest BCUT2D eigenvalue weighted by atomic mass is 10.00. The van der Waals surface area contributed by atoms with Gasteiger partial charge in [-0.05, 0) is 50.8 Å². The second kappa shape index (κ2) is 16.6. The normalized spacial score (nSPS) is 21.1. The van der Waals surface area contributed by atoms with Gasteiger partial charge < -0.3 is 36.2 Å². The van der Waals surface area contributed by atoms with Crippen molar-refractivity contribution in [2.45, 2.75) is 70.0 Å². The monoisotopic (exact) mass is 648 g/mol. The van der Waals surface area contributed by atoms with Crippen LogP contribution in [0.2, 0.25) is 0 Å². The quantitative estimate of drug-likeness (QED) is 0.276. The van der Waals surface area contributed by atoms with Crippen LogP contribution in [0.4, 0.5) is 0 Å². The first kappa shape index (κ1) is 34.9. The molecule has 0 aromatic heterocycles. The summed E-state index contributed by atoms with van der Waals surface area (Å²) in [4.78, 5) is 80.3. The Balaban J connectivity index is 1.52. The number of hydrogen-bond acceptors (Lipinski definition) is 7. The number of benzene rings is 2. The summed E-state index contributed by atoms with van der Waals surface area (Å²) in [6.45, 7) is 4.84. The Morgan fingerprint density at radius 2 is 1.72 bits per heavy atom. The van der Waals surface area contributed by atoms with Crippen LogP contribution in [-0.2, 0) is 30.4 Å². The van der Waals surface area contributed by atoms with E-state index in [9.17, 15) is 28.8 Å². The van der Waals surface area contributed by atoms with E-state index < -0.39 is 53.6 Å².